The number of carbonyl (C=O) groups is 1. The fourth-order valence-corrected chi connectivity index (χ4v) is 5.00. The van der Waals surface area contributed by atoms with E-state index in [1.165, 1.54) is 11.1 Å². The first-order chi connectivity index (χ1) is 16.7. The number of hydrogen-bond acceptors (Lipinski definition) is 3. The number of piperazine rings is 1. The smallest absolute Gasteiger partial charge is 0.259 e. The van der Waals surface area contributed by atoms with Crippen molar-refractivity contribution in [1.29, 1.82) is 0 Å². The summed E-state index contributed by atoms with van der Waals surface area (Å²) in [5.74, 6) is -0.173. The molecule has 0 spiro atoms. The highest BCUT2D eigenvalue weighted by Crippen LogP contribution is 2.29. The minimum Gasteiger partial charge on any atom is -0.347 e. The largest absolute Gasteiger partial charge is 0.347 e. The van der Waals surface area contributed by atoms with Crippen LogP contribution in [0.4, 0.5) is 0 Å². The maximum absolute atomic E-state index is 13.4. The lowest BCUT2D eigenvalue weighted by Crippen LogP contribution is -2.50. The van der Waals surface area contributed by atoms with Gasteiger partial charge in [0.15, 0.2) is 0 Å². The topological polar surface area (TPSA) is 45.6 Å². The van der Waals surface area contributed by atoms with Gasteiger partial charge in [-0.2, -0.15) is 0 Å². The normalized spacial score (nSPS) is 14.6. The number of para-hydroxylation sites is 1. The van der Waals surface area contributed by atoms with Crippen LogP contribution < -0.4 is 5.43 Å². The van der Waals surface area contributed by atoms with E-state index >= 15 is 0 Å². The number of benzene rings is 3. The number of pyridine rings is 1. The van der Waals surface area contributed by atoms with Crippen molar-refractivity contribution in [3.8, 4) is 0 Å². The van der Waals surface area contributed by atoms with E-state index in [1.54, 1.807) is 6.20 Å². The van der Waals surface area contributed by atoms with Crippen molar-refractivity contribution >= 4 is 16.8 Å². The van der Waals surface area contributed by atoms with Gasteiger partial charge in [0, 0.05) is 44.3 Å². The molecule has 1 aromatic heterocycles. The summed E-state index contributed by atoms with van der Waals surface area (Å²) in [4.78, 5) is 30.9. The number of aryl methyl sites for hydroxylation is 1. The summed E-state index contributed by atoms with van der Waals surface area (Å²) in [6.45, 7) is 5.40. The Balaban J connectivity index is 1.39. The molecule has 3 aromatic carbocycles. The Morgan fingerprint density at radius 3 is 1.94 bits per heavy atom. The van der Waals surface area contributed by atoms with Gasteiger partial charge in [-0.3, -0.25) is 14.5 Å². The van der Waals surface area contributed by atoms with Crippen molar-refractivity contribution in [2.24, 2.45) is 0 Å². The summed E-state index contributed by atoms with van der Waals surface area (Å²) in [6.07, 6.45) is 1.73. The molecule has 1 aliphatic rings. The molecule has 0 saturated carbocycles. The second kappa shape index (κ2) is 9.65. The highest BCUT2D eigenvalue weighted by Gasteiger charge is 2.29. The van der Waals surface area contributed by atoms with Gasteiger partial charge in [0.05, 0.1) is 11.6 Å². The van der Waals surface area contributed by atoms with E-state index in [9.17, 15) is 9.59 Å². The van der Waals surface area contributed by atoms with E-state index < -0.39 is 0 Å². The van der Waals surface area contributed by atoms with Crippen molar-refractivity contribution in [2.75, 3.05) is 26.2 Å². The summed E-state index contributed by atoms with van der Waals surface area (Å²) in [5.41, 5.74) is 3.43. The maximum atomic E-state index is 13.4. The summed E-state index contributed by atoms with van der Waals surface area (Å²) >= 11 is 0. The van der Waals surface area contributed by atoms with Crippen LogP contribution in [0.25, 0.3) is 10.9 Å². The standard InChI is InChI=1S/C29H29N3O2/c1-2-30-21-25(28(33)24-15-9-10-16-26(24)30)29(34)32-19-17-31(18-20-32)27(22-11-5-3-6-12-22)23-13-7-4-8-14-23/h3-16,21,27H,2,17-20H2,1H3. The van der Waals surface area contributed by atoms with Crippen LogP contribution in [0.5, 0.6) is 0 Å². The van der Waals surface area contributed by atoms with Crippen molar-refractivity contribution in [1.82, 2.24) is 14.4 Å². The van der Waals surface area contributed by atoms with Crippen LogP contribution in [0.2, 0.25) is 0 Å². The van der Waals surface area contributed by atoms with E-state index in [1.807, 2.05) is 52.8 Å². The van der Waals surface area contributed by atoms with Crippen LogP contribution in [0.1, 0.15) is 34.5 Å². The Morgan fingerprint density at radius 1 is 0.794 bits per heavy atom. The predicted octanol–water partition coefficient (Wildman–Crippen LogP) is 4.57. The Bertz CT molecular complexity index is 1300. The third-order valence-corrected chi connectivity index (χ3v) is 6.76. The molecule has 0 atom stereocenters. The average Bonchev–Trinajstić information content (AvgIpc) is 2.90. The molecule has 0 radical (unpaired) electrons. The SMILES string of the molecule is CCn1cc(C(=O)N2CCN(C(c3ccccc3)c3ccccc3)CC2)c(=O)c2ccccc21. The van der Waals surface area contributed by atoms with Crippen molar-refractivity contribution in [2.45, 2.75) is 19.5 Å². The zero-order chi connectivity index (χ0) is 23.5. The van der Waals surface area contributed by atoms with Crippen LogP contribution in [0.3, 0.4) is 0 Å². The van der Waals surface area contributed by atoms with Gasteiger partial charge in [0.25, 0.3) is 5.91 Å². The van der Waals surface area contributed by atoms with Crippen LogP contribution in [-0.2, 0) is 6.54 Å². The van der Waals surface area contributed by atoms with Gasteiger partial charge in [0.2, 0.25) is 5.43 Å². The first-order valence-electron chi connectivity index (χ1n) is 11.9. The number of carbonyl (C=O) groups excluding carboxylic acids is 1. The summed E-state index contributed by atoms with van der Waals surface area (Å²) in [5, 5.41) is 0.599. The van der Waals surface area contributed by atoms with Crippen LogP contribution in [0, 0.1) is 0 Å². The third kappa shape index (κ3) is 4.15. The van der Waals surface area contributed by atoms with Gasteiger partial charge in [-0.15, -0.1) is 0 Å². The molecule has 1 amide bonds. The molecule has 34 heavy (non-hydrogen) atoms. The van der Waals surface area contributed by atoms with Crippen molar-refractivity contribution in [3.63, 3.8) is 0 Å². The number of nitrogens with zero attached hydrogens (tertiary/aromatic N) is 3. The Kier molecular flexibility index (Phi) is 6.28. The lowest BCUT2D eigenvalue weighted by atomic mass is 9.96. The first-order valence-corrected chi connectivity index (χ1v) is 11.9. The summed E-state index contributed by atoms with van der Waals surface area (Å²) in [7, 11) is 0. The Labute approximate surface area is 199 Å². The number of fused-ring (bicyclic) bond motifs is 1. The van der Waals surface area contributed by atoms with E-state index in [4.69, 9.17) is 0 Å². The van der Waals surface area contributed by atoms with Crippen LogP contribution in [0.15, 0.2) is 95.9 Å². The van der Waals surface area contributed by atoms with Gasteiger partial charge in [-0.1, -0.05) is 72.8 Å². The molecule has 0 unspecified atom stereocenters. The fourth-order valence-electron chi connectivity index (χ4n) is 5.00. The predicted molar refractivity (Wildman–Crippen MR) is 136 cm³/mol. The van der Waals surface area contributed by atoms with Crippen LogP contribution in [-0.4, -0.2) is 46.5 Å². The second-order valence-electron chi connectivity index (χ2n) is 8.73. The quantitative estimate of drug-likeness (QED) is 0.447. The van der Waals surface area contributed by atoms with Crippen LogP contribution >= 0.6 is 0 Å². The van der Waals surface area contributed by atoms with E-state index in [0.717, 1.165) is 18.6 Å². The average molecular weight is 452 g/mol. The second-order valence-corrected chi connectivity index (χ2v) is 8.73. The highest BCUT2D eigenvalue weighted by atomic mass is 16.2. The van der Waals surface area contributed by atoms with Crippen molar-refractivity contribution < 1.29 is 4.79 Å². The Hall–Kier alpha value is -3.70. The molecule has 0 bridgehead atoms. The molecule has 1 fully saturated rings. The van der Waals surface area contributed by atoms with E-state index in [0.29, 0.717) is 25.0 Å². The number of amides is 1. The highest BCUT2D eigenvalue weighted by molar-refractivity contribution is 5.97. The molecule has 0 N–H and O–H groups in total. The molecule has 1 aliphatic heterocycles. The molecular formula is C29H29N3O2. The van der Waals surface area contributed by atoms with Gasteiger partial charge in [-0.25, -0.2) is 0 Å². The fraction of sp³-hybridized carbons (Fsp3) is 0.241. The number of rotatable bonds is 5. The van der Waals surface area contributed by atoms with Gasteiger partial charge < -0.3 is 9.47 Å². The third-order valence-electron chi connectivity index (χ3n) is 6.76. The van der Waals surface area contributed by atoms with Gasteiger partial charge in [0.1, 0.15) is 5.56 Å². The molecule has 1 saturated heterocycles. The lowest BCUT2D eigenvalue weighted by molar-refractivity contribution is 0.0595. The molecule has 172 valence electrons. The lowest BCUT2D eigenvalue weighted by Gasteiger charge is -2.39. The molecule has 4 aromatic rings. The molecule has 2 heterocycles. The summed E-state index contributed by atoms with van der Waals surface area (Å²) < 4.78 is 1.99. The number of aromatic nitrogens is 1. The van der Waals surface area contributed by atoms with Gasteiger partial charge >= 0.3 is 0 Å². The first kappa shape index (κ1) is 22.1. The molecule has 0 aliphatic carbocycles. The molecule has 5 heteroatoms. The van der Waals surface area contributed by atoms with Gasteiger partial charge in [-0.05, 0) is 30.2 Å². The summed E-state index contributed by atoms with van der Waals surface area (Å²) in [6, 6.07) is 28.7. The van der Waals surface area contributed by atoms with E-state index in [-0.39, 0.29) is 22.9 Å². The van der Waals surface area contributed by atoms with E-state index in [2.05, 4.69) is 53.4 Å². The molecule has 5 rings (SSSR count). The minimum absolute atomic E-state index is 0.137. The Morgan fingerprint density at radius 2 is 1.35 bits per heavy atom. The molecular weight excluding hydrogens is 422 g/mol. The van der Waals surface area contributed by atoms with Crippen molar-refractivity contribution in [3.05, 3.63) is 118 Å². The number of hydrogen-bond donors (Lipinski definition) is 0. The zero-order valence-electron chi connectivity index (χ0n) is 19.4. The zero-order valence-corrected chi connectivity index (χ0v) is 19.4. The maximum Gasteiger partial charge on any atom is 0.259 e. The monoisotopic (exact) mass is 451 g/mol. The molecule has 5 nitrogen and oxygen atoms in total. The minimum atomic E-state index is -0.181.